The van der Waals surface area contributed by atoms with Crippen LogP contribution in [0.2, 0.25) is 0 Å². The van der Waals surface area contributed by atoms with Crippen LogP contribution in [0.25, 0.3) is 0 Å². The Balaban J connectivity index is 2.03. The van der Waals surface area contributed by atoms with E-state index in [4.69, 9.17) is 4.74 Å². The van der Waals surface area contributed by atoms with Gasteiger partial charge in [0, 0.05) is 31.4 Å². The second kappa shape index (κ2) is 7.46. The highest BCUT2D eigenvalue weighted by Gasteiger charge is 2.28. The molecule has 116 valence electrons. The van der Waals surface area contributed by atoms with E-state index in [-0.39, 0.29) is 17.7 Å². The molecule has 1 aromatic rings. The van der Waals surface area contributed by atoms with Gasteiger partial charge in [-0.1, -0.05) is 6.92 Å². The van der Waals surface area contributed by atoms with E-state index in [1.54, 1.807) is 18.2 Å². The molecule has 4 heteroatoms. The lowest BCUT2D eigenvalue weighted by atomic mass is 9.95. The summed E-state index contributed by atoms with van der Waals surface area (Å²) in [6.45, 7) is 6.38. The Kier molecular flexibility index (Phi) is 5.62. The summed E-state index contributed by atoms with van der Waals surface area (Å²) in [7, 11) is 0. The van der Waals surface area contributed by atoms with Crippen LogP contribution >= 0.6 is 0 Å². The van der Waals surface area contributed by atoms with Crippen molar-refractivity contribution in [1.82, 2.24) is 4.90 Å². The number of nitrogens with zero attached hydrogens (tertiary/aromatic N) is 1. The van der Waals surface area contributed by atoms with Crippen molar-refractivity contribution < 1.29 is 14.6 Å². The number of hydrogen-bond donors (Lipinski definition) is 1. The number of rotatable bonds is 7. The van der Waals surface area contributed by atoms with Crippen LogP contribution in [-0.2, 0) is 11.2 Å². The average molecular weight is 291 g/mol. The molecule has 1 amide bonds. The van der Waals surface area contributed by atoms with Gasteiger partial charge in [-0.15, -0.1) is 0 Å². The number of ether oxygens (including phenoxy) is 1. The van der Waals surface area contributed by atoms with E-state index in [0.29, 0.717) is 0 Å². The number of carbonyl (C=O) groups excluding carboxylic acids is 1. The van der Waals surface area contributed by atoms with Crippen molar-refractivity contribution >= 4 is 5.91 Å². The van der Waals surface area contributed by atoms with E-state index in [0.717, 1.165) is 56.6 Å². The molecule has 4 nitrogen and oxygen atoms in total. The van der Waals surface area contributed by atoms with Gasteiger partial charge in [-0.2, -0.15) is 0 Å². The summed E-state index contributed by atoms with van der Waals surface area (Å²) in [5, 5.41) is 9.52. The number of hydrogen-bond acceptors (Lipinski definition) is 3. The number of phenolic OH excluding ortho intramolecular Hbond substituents is 1. The van der Waals surface area contributed by atoms with Crippen LogP contribution < -0.4 is 0 Å². The molecule has 1 aromatic carbocycles. The summed E-state index contributed by atoms with van der Waals surface area (Å²) in [6.07, 6.45) is 3.75. The molecule has 1 heterocycles. The van der Waals surface area contributed by atoms with Crippen molar-refractivity contribution in [3.05, 3.63) is 29.3 Å². The predicted octanol–water partition coefficient (Wildman–Crippen LogP) is 2.99. The Morgan fingerprint density at radius 2 is 2.19 bits per heavy atom. The molecule has 0 fully saturated rings. The first-order valence-corrected chi connectivity index (χ1v) is 7.88. The van der Waals surface area contributed by atoms with Crippen LogP contribution in [0.15, 0.2) is 18.2 Å². The molecule has 0 spiro atoms. The highest BCUT2D eigenvalue weighted by molar-refractivity contribution is 5.97. The fraction of sp³-hybridized carbons (Fsp3) is 0.588. The predicted molar refractivity (Wildman–Crippen MR) is 82.7 cm³/mol. The normalized spacial score (nSPS) is 15.9. The fourth-order valence-corrected chi connectivity index (χ4v) is 2.99. The number of aromatic hydroxyl groups is 1. The smallest absolute Gasteiger partial charge is 0.254 e. The monoisotopic (exact) mass is 291 g/mol. The van der Waals surface area contributed by atoms with Crippen LogP contribution in [0, 0.1) is 0 Å². The molecule has 0 saturated carbocycles. The summed E-state index contributed by atoms with van der Waals surface area (Å²) in [4.78, 5) is 14.6. The SMILES string of the molecule is CCOCCCC(CC)N1CCc2cc(O)ccc2C1=O. The number of carbonyl (C=O) groups is 1. The second-order valence-electron chi connectivity index (χ2n) is 5.49. The minimum Gasteiger partial charge on any atom is -0.508 e. The van der Waals surface area contributed by atoms with Crippen molar-refractivity contribution in [1.29, 1.82) is 0 Å². The van der Waals surface area contributed by atoms with Gasteiger partial charge in [0.1, 0.15) is 5.75 Å². The molecule has 1 atom stereocenters. The topological polar surface area (TPSA) is 49.8 Å². The largest absolute Gasteiger partial charge is 0.508 e. The van der Waals surface area contributed by atoms with Crippen LogP contribution in [0.3, 0.4) is 0 Å². The summed E-state index contributed by atoms with van der Waals surface area (Å²) in [5.41, 5.74) is 1.70. The highest BCUT2D eigenvalue weighted by atomic mass is 16.5. The van der Waals surface area contributed by atoms with Crippen molar-refractivity contribution in [3.63, 3.8) is 0 Å². The van der Waals surface area contributed by atoms with E-state index < -0.39 is 0 Å². The number of fused-ring (bicyclic) bond motifs is 1. The molecule has 0 aliphatic carbocycles. The molecule has 0 bridgehead atoms. The zero-order chi connectivity index (χ0) is 15.2. The van der Waals surface area contributed by atoms with Gasteiger partial charge < -0.3 is 14.7 Å². The Bertz CT molecular complexity index is 487. The molecule has 1 unspecified atom stereocenters. The molecule has 1 aliphatic rings. The first-order chi connectivity index (χ1) is 10.2. The lowest BCUT2D eigenvalue weighted by Crippen LogP contribution is -2.44. The first-order valence-electron chi connectivity index (χ1n) is 7.88. The maximum Gasteiger partial charge on any atom is 0.254 e. The zero-order valence-electron chi connectivity index (χ0n) is 13.0. The lowest BCUT2D eigenvalue weighted by molar-refractivity contribution is 0.0623. The van der Waals surface area contributed by atoms with Crippen LogP contribution in [0.1, 0.15) is 49.0 Å². The van der Waals surface area contributed by atoms with Crippen LogP contribution in [-0.4, -0.2) is 41.7 Å². The van der Waals surface area contributed by atoms with E-state index in [9.17, 15) is 9.90 Å². The minimum absolute atomic E-state index is 0.0968. The van der Waals surface area contributed by atoms with E-state index in [1.165, 1.54) is 0 Å². The molecular weight excluding hydrogens is 266 g/mol. The van der Waals surface area contributed by atoms with Crippen LogP contribution in [0.4, 0.5) is 0 Å². The fourth-order valence-electron chi connectivity index (χ4n) is 2.99. The van der Waals surface area contributed by atoms with E-state index in [1.807, 2.05) is 11.8 Å². The third kappa shape index (κ3) is 3.76. The molecule has 0 radical (unpaired) electrons. The summed E-state index contributed by atoms with van der Waals surface area (Å²) < 4.78 is 5.38. The Labute approximate surface area is 126 Å². The van der Waals surface area contributed by atoms with Gasteiger partial charge in [-0.25, -0.2) is 0 Å². The van der Waals surface area contributed by atoms with Gasteiger partial charge in [-0.05, 0) is 56.4 Å². The number of benzene rings is 1. The lowest BCUT2D eigenvalue weighted by Gasteiger charge is -2.35. The van der Waals surface area contributed by atoms with Gasteiger partial charge in [0.2, 0.25) is 0 Å². The van der Waals surface area contributed by atoms with Crippen LogP contribution in [0.5, 0.6) is 5.75 Å². The van der Waals surface area contributed by atoms with Crippen molar-refractivity contribution in [2.45, 2.75) is 45.6 Å². The van der Waals surface area contributed by atoms with Gasteiger partial charge in [-0.3, -0.25) is 4.79 Å². The standard InChI is InChI=1S/C17H25NO3/c1-3-14(6-5-11-21-4-2)18-10-9-13-12-15(19)7-8-16(13)17(18)20/h7-8,12,14,19H,3-6,9-11H2,1-2H3. The second-order valence-corrected chi connectivity index (χ2v) is 5.49. The molecule has 2 rings (SSSR count). The molecule has 21 heavy (non-hydrogen) atoms. The molecule has 1 N–H and O–H groups in total. The maximum atomic E-state index is 12.6. The highest BCUT2D eigenvalue weighted by Crippen LogP contribution is 2.26. The molecule has 1 aliphatic heterocycles. The minimum atomic E-state index is 0.0968. The van der Waals surface area contributed by atoms with E-state index in [2.05, 4.69) is 6.92 Å². The maximum absolute atomic E-state index is 12.6. The first kappa shape index (κ1) is 15.8. The quantitative estimate of drug-likeness (QED) is 0.786. The third-order valence-corrected chi connectivity index (χ3v) is 4.14. The van der Waals surface area contributed by atoms with Gasteiger partial charge in [0.25, 0.3) is 5.91 Å². The van der Waals surface area contributed by atoms with Crippen molar-refractivity contribution in [2.24, 2.45) is 0 Å². The molecule has 0 saturated heterocycles. The Morgan fingerprint density at radius 3 is 2.90 bits per heavy atom. The van der Waals surface area contributed by atoms with Crippen molar-refractivity contribution in [2.75, 3.05) is 19.8 Å². The number of phenols is 1. The molecule has 0 aromatic heterocycles. The van der Waals surface area contributed by atoms with Gasteiger partial charge in [0.05, 0.1) is 0 Å². The van der Waals surface area contributed by atoms with Crippen molar-refractivity contribution in [3.8, 4) is 5.75 Å². The van der Waals surface area contributed by atoms with Gasteiger partial charge in [0.15, 0.2) is 0 Å². The zero-order valence-corrected chi connectivity index (χ0v) is 13.0. The summed E-state index contributed by atoms with van der Waals surface area (Å²) in [6, 6.07) is 5.32. The summed E-state index contributed by atoms with van der Waals surface area (Å²) >= 11 is 0. The third-order valence-electron chi connectivity index (χ3n) is 4.14. The number of amides is 1. The average Bonchev–Trinajstić information content (AvgIpc) is 2.48. The van der Waals surface area contributed by atoms with Gasteiger partial charge >= 0.3 is 0 Å². The Morgan fingerprint density at radius 1 is 1.38 bits per heavy atom. The molecular formula is C17H25NO3. The summed E-state index contributed by atoms with van der Waals surface area (Å²) in [5.74, 6) is 0.332. The Hall–Kier alpha value is -1.55. The van der Waals surface area contributed by atoms with E-state index >= 15 is 0 Å².